The van der Waals surface area contributed by atoms with E-state index in [4.69, 9.17) is 5.26 Å². The van der Waals surface area contributed by atoms with Gasteiger partial charge >= 0.3 is 12.6 Å². The van der Waals surface area contributed by atoms with E-state index in [1.165, 1.54) is 0 Å². The lowest BCUT2D eigenvalue weighted by atomic mass is 10.1. The smallest absolute Gasteiger partial charge is 0.387 e. The van der Waals surface area contributed by atoms with Gasteiger partial charge < -0.3 is 14.6 Å². The molecule has 7 heteroatoms. The third kappa shape index (κ3) is 2.81. The van der Waals surface area contributed by atoms with Gasteiger partial charge in [0.15, 0.2) is 11.5 Å². The number of aromatic hydroxyl groups is 1. The molecular weight excluding hydrogens is 236 g/mol. The summed E-state index contributed by atoms with van der Waals surface area (Å²) in [5, 5.41) is 18.1. The van der Waals surface area contributed by atoms with E-state index in [-0.39, 0.29) is 5.56 Å². The number of nitrogens with zero attached hydrogens (tertiary/aromatic N) is 1. The van der Waals surface area contributed by atoms with Crippen molar-refractivity contribution in [2.24, 2.45) is 0 Å². The summed E-state index contributed by atoms with van der Waals surface area (Å²) in [6.45, 7) is -3.18. The Kier molecular flexibility index (Phi) is 3.82. The molecule has 1 rings (SSSR count). The second kappa shape index (κ2) is 5.12. The minimum Gasteiger partial charge on any atom is -0.504 e. The Labute approximate surface area is 94.8 Å². The van der Waals surface area contributed by atoms with Gasteiger partial charge in [-0.05, 0) is 6.07 Å². The Bertz CT molecular complexity index is 482. The standard InChI is InChI=1S/C10H7F2NO4/c1-16-9(15)6-2-5(4-13)3-7(8(6)14)17-10(11)12/h2-3,10,14H,1H3. The zero-order chi connectivity index (χ0) is 13.0. The second-order valence-electron chi connectivity index (χ2n) is 2.85. The Balaban J connectivity index is 3.31. The highest BCUT2D eigenvalue weighted by molar-refractivity contribution is 5.93. The molecule has 1 aromatic carbocycles. The number of carbonyl (C=O) groups excluding carboxylic acids is 1. The molecule has 0 atom stereocenters. The van der Waals surface area contributed by atoms with Crippen LogP contribution in [0.2, 0.25) is 0 Å². The van der Waals surface area contributed by atoms with Crippen LogP contribution in [0.1, 0.15) is 15.9 Å². The van der Waals surface area contributed by atoms with Crippen LogP contribution in [-0.2, 0) is 4.74 Å². The topological polar surface area (TPSA) is 79.6 Å². The molecule has 0 amide bonds. The number of alkyl halides is 2. The Morgan fingerprint density at radius 2 is 2.18 bits per heavy atom. The molecule has 0 fully saturated rings. The van der Waals surface area contributed by atoms with E-state index in [1.807, 2.05) is 0 Å². The maximum absolute atomic E-state index is 12.0. The second-order valence-corrected chi connectivity index (χ2v) is 2.85. The summed E-state index contributed by atoms with van der Waals surface area (Å²) in [5.41, 5.74) is -0.527. The van der Waals surface area contributed by atoms with E-state index >= 15 is 0 Å². The summed E-state index contributed by atoms with van der Waals surface area (Å²) in [5.74, 6) is -2.41. The monoisotopic (exact) mass is 243 g/mol. The van der Waals surface area contributed by atoms with Gasteiger partial charge in [0.25, 0.3) is 0 Å². The minimum absolute atomic E-state index is 0.112. The van der Waals surface area contributed by atoms with Gasteiger partial charge in [-0.15, -0.1) is 0 Å². The number of phenolic OH excluding ortho intramolecular Hbond substituents is 1. The molecule has 0 radical (unpaired) electrons. The van der Waals surface area contributed by atoms with Gasteiger partial charge in [0, 0.05) is 6.07 Å². The van der Waals surface area contributed by atoms with Crippen molar-refractivity contribution < 1.29 is 28.2 Å². The third-order valence-corrected chi connectivity index (χ3v) is 1.83. The quantitative estimate of drug-likeness (QED) is 0.816. The SMILES string of the molecule is COC(=O)c1cc(C#N)cc(OC(F)F)c1O. The lowest BCUT2D eigenvalue weighted by Gasteiger charge is -2.10. The Morgan fingerprint density at radius 3 is 2.65 bits per heavy atom. The van der Waals surface area contributed by atoms with Gasteiger partial charge in [0.1, 0.15) is 5.56 Å². The molecule has 0 bridgehead atoms. The molecule has 0 heterocycles. The summed E-state index contributed by atoms with van der Waals surface area (Å²) in [4.78, 5) is 11.2. The van der Waals surface area contributed by atoms with Gasteiger partial charge in [0.05, 0.1) is 18.7 Å². The average Bonchev–Trinajstić information content (AvgIpc) is 2.30. The third-order valence-electron chi connectivity index (χ3n) is 1.83. The van der Waals surface area contributed by atoms with Crippen molar-refractivity contribution in [2.45, 2.75) is 6.61 Å². The van der Waals surface area contributed by atoms with E-state index in [9.17, 15) is 18.7 Å². The highest BCUT2D eigenvalue weighted by Gasteiger charge is 2.20. The van der Waals surface area contributed by atoms with E-state index in [2.05, 4.69) is 9.47 Å². The van der Waals surface area contributed by atoms with Gasteiger partial charge in [-0.2, -0.15) is 14.0 Å². The zero-order valence-electron chi connectivity index (χ0n) is 8.61. The molecule has 0 spiro atoms. The lowest BCUT2D eigenvalue weighted by molar-refractivity contribution is -0.0513. The molecule has 0 unspecified atom stereocenters. The van der Waals surface area contributed by atoms with Crippen LogP contribution >= 0.6 is 0 Å². The van der Waals surface area contributed by atoms with Crippen molar-refractivity contribution in [3.8, 4) is 17.6 Å². The molecule has 0 aliphatic rings. The molecule has 0 aliphatic carbocycles. The first-order valence-corrected chi connectivity index (χ1v) is 4.29. The fourth-order valence-corrected chi connectivity index (χ4v) is 1.12. The van der Waals surface area contributed by atoms with Gasteiger partial charge in [-0.25, -0.2) is 4.79 Å². The molecule has 1 aromatic rings. The maximum atomic E-state index is 12.0. The number of methoxy groups -OCH3 is 1. The minimum atomic E-state index is -3.18. The number of esters is 1. The summed E-state index contributed by atoms with van der Waals surface area (Å²) < 4.78 is 32.3. The van der Waals surface area contributed by atoms with Gasteiger partial charge in [-0.1, -0.05) is 0 Å². The first-order chi connectivity index (χ1) is 7.99. The van der Waals surface area contributed by atoms with Crippen molar-refractivity contribution in [1.29, 1.82) is 5.26 Å². The number of benzene rings is 1. The lowest BCUT2D eigenvalue weighted by Crippen LogP contribution is -2.07. The molecule has 0 aromatic heterocycles. The van der Waals surface area contributed by atoms with Crippen LogP contribution in [0.3, 0.4) is 0 Å². The molecule has 0 saturated carbocycles. The molecule has 90 valence electrons. The predicted octanol–water partition coefficient (Wildman–Crippen LogP) is 1.65. The van der Waals surface area contributed by atoms with Crippen LogP contribution in [0, 0.1) is 11.3 Å². The van der Waals surface area contributed by atoms with Crippen LogP contribution in [-0.4, -0.2) is 24.8 Å². The number of nitriles is 1. The maximum Gasteiger partial charge on any atom is 0.387 e. The van der Waals surface area contributed by atoms with Crippen LogP contribution in [0.4, 0.5) is 8.78 Å². The molecule has 0 aliphatic heterocycles. The highest BCUT2D eigenvalue weighted by atomic mass is 19.3. The summed E-state index contributed by atoms with van der Waals surface area (Å²) in [6, 6.07) is 3.55. The molecule has 1 N–H and O–H groups in total. The van der Waals surface area contributed by atoms with E-state index < -0.39 is 29.6 Å². The van der Waals surface area contributed by atoms with E-state index in [0.29, 0.717) is 0 Å². The van der Waals surface area contributed by atoms with Crippen LogP contribution in [0.5, 0.6) is 11.5 Å². The average molecular weight is 243 g/mol. The normalized spacial score (nSPS) is 9.82. The number of ether oxygens (including phenoxy) is 2. The predicted molar refractivity (Wildman–Crippen MR) is 50.8 cm³/mol. The molecule has 17 heavy (non-hydrogen) atoms. The summed E-state index contributed by atoms with van der Waals surface area (Å²) >= 11 is 0. The van der Waals surface area contributed by atoms with E-state index in [0.717, 1.165) is 19.2 Å². The van der Waals surface area contributed by atoms with E-state index in [1.54, 1.807) is 6.07 Å². The van der Waals surface area contributed by atoms with Crippen LogP contribution in [0.25, 0.3) is 0 Å². The largest absolute Gasteiger partial charge is 0.504 e. The number of rotatable bonds is 3. The summed E-state index contributed by atoms with van der Waals surface area (Å²) in [6.07, 6.45) is 0. The van der Waals surface area contributed by atoms with Crippen molar-refractivity contribution in [2.75, 3.05) is 7.11 Å². The zero-order valence-corrected chi connectivity index (χ0v) is 8.61. The van der Waals surface area contributed by atoms with Crippen molar-refractivity contribution in [3.63, 3.8) is 0 Å². The van der Waals surface area contributed by atoms with Crippen molar-refractivity contribution >= 4 is 5.97 Å². The molecule has 0 saturated heterocycles. The van der Waals surface area contributed by atoms with Crippen molar-refractivity contribution in [3.05, 3.63) is 23.3 Å². The van der Waals surface area contributed by atoms with Crippen molar-refractivity contribution in [1.82, 2.24) is 0 Å². The van der Waals surface area contributed by atoms with Gasteiger partial charge in [-0.3, -0.25) is 0 Å². The number of hydrogen-bond acceptors (Lipinski definition) is 5. The first kappa shape index (κ1) is 12.7. The molecule has 5 nitrogen and oxygen atoms in total. The Hall–Kier alpha value is -2.36. The highest BCUT2D eigenvalue weighted by Crippen LogP contribution is 2.33. The Morgan fingerprint density at radius 1 is 1.53 bits per heavy atom. The fraction of sp³-hybridized carbons (Fsp3) is 0.200. The number of phenols is 1. The summed E-state index contributed by atoms with van der Waals surface area (Å²) in [7, 11) is 1.05. The molecular formula is C10H7F2NO4. The first-order valence-electron chi connectivity index (χ1n) is 4.29. The number of halogens is 2. The van der Waals surface area contributed by atoms with Gasteiger partial charge in [0.2, 0.25) is 0 Å². The van der Waals surface area contributed by atoms with Crippen LogP contribution in [0.15, 0.2) is 12.1 Å². The fourth-order valence-electron chi connectivity index (χ4n) is 1.12. The number of hydrogen-bond donors (Lipinski definition) is 1. The van der Waals surface area contributed by atoms with Crippen LogP contribution < -0.4 is 4.74 Å². The number of carbonyl (C=O) groups is 1.